The Balaban J connectivity index is 1.96. The van der Waals surface area contributed by atoms with E-state index in [1.165, 1.54) is 0 Å². The van der Waals surface area contributed by atoms with Gasteiger partial charge in [-0.05, 0) is 55.0 Å². The number of aromatic nitrogens is 1. The third-order valence-electron chi connectivity index (χ3n) is 6.03. The van der Waals surface area contributed by atoms with Gasteiger partial charge < -0.3 is 9.88 Å². The van der Waals surface area contributed by atoms with Crippen LogP contribution in [-0.2, 0) is 6.54 Å². The molecule has 0 saturated carbocycles. The van der Waals surface area contributed by atoms with Crippen LogP contribution in [0, 0.1) is 0 Å². The molecule has 4 rings (SSSR count). The second-order valence-electron chi connectivity index (χ2n) is 8.61. The van der Waals surface area contributed by atoms with Crippen molar-refractivity contribution < 1.29 is 9.18 Å². The fourth-order valence-electron chi connectivity index (χ4n) is 4.66. The fourth-order valence-corrected chi connectivity index (χ4v) is 4.66. The molecule has 166 valence electrons. The predicted octanol–water partition coefficient (Wildman–Crippen LogP) is 7.30. The number of carbonyl (C=O) groups excluding carboxylic acids is 1. The molecule has 0 radical (unpaired) electrons. The van der Waals surface area contributed by atoms with Crippen molar-refractivity contribution in [2.45, 2.75) is 58.7 Å². The minimum absolute atomic E-state index is 0.105. The summed E-state index contributed by atoms with van der Waals surface area (Å²) in [5.41, 5.74) is 6.52. The summed E-state index contributed by atoms with van der Waals surface area (Å²) < 4.78 is 16.1. The molecule has 1 unspecified atom stereocenters. The number of nitrogens with one attached hydrogen (secondary N) is 1. The van der Waals surface area contributed by atoms with Crippen LogP contribution in [0.4, 0.5) is 10.1 Å². The van der Waals surface area contributed by atoms with Crippen molar-refractivity contribution in [3.63, 3.8) is 0 Å². The van der Waals surface area contributed by atoms with Crippen molar-refractivity contribution in [2.24, 2.45) is 0 Å². The first kappa shape index (κ1) is 22.1. The molecule has 4 heteroatoms. The Hall–Kier alpha value is -3.14. The maximum atomic E-state index is 13.9. The summed E-state index contributed by atoms with van der Waals surface area (Å²) >= 11 is 0. The first-order chi connectivity index (χ1) is 15.5. The van der Waals surface area contributed by atoms with Crippen LogP contribution in [0.25, 0.3) is 11.1 Å². The standard InChI is InChI=1S/C28H31FN2O/c1-4-31-26(19(2)3)25(28(32)30-23-13-9-6-10-14-23)24(20-11-7-5-8-12-20)27(31)21-15-17-22(29)18-16-21/h6-7,9-17,19,22H,4-5,8,18H2,1-3H3,(H,30,32). The van der Waals surface area contributed by atoms with Crippen molar-refractivity contribution in [3.05, 3.63) is 89.3 Å². The molecule has 1 aromatic heterocycles. The highest BCUT2D eigenvalue weighted by atomic mass is 19.1. The number of nitrogens with zero attached hydrogens (tertiary/aromatic N) is 1. The number of benzene rings is 1. The Labute approximate surface area is 190 Å². The van der Waals surface area contributed by atoms with Gasteiger partial charge in [-0.15, -0.1) is 0 Å². The van der Waals surface area contributed by atoms with Gasteiger partial charge >= 0.3 is 0 Å². The molecule has 0 bridgehead atoms. The average molecular weight is 431 g/mol. The lowest BCUT2D eigenvalue weighted by Crippen LogP contribution is -2.16. The average Bonchev–Trinajstić information content (AvgIpc) is 3.16. The van der Waals surface area contributed by atoms with E-state index in [1.807, 2.05) is 42.5 Å². The smallest absolute Gasteiger partial charge is 0.258 e. The quantitative estimate of drug-likeness (QED) is 0.513. The number of rotatable bonds is 6. The second-order valence-corrected chi connectivity index (χ2v) is 8.61. The summed E-state index contributed by atoms with van der Waals surface area (Å²) in [7, 11) is 0. The third-order valence-corrected chi connectivity index (χ3v) is 6.03. The summed E-state index contributed by atoms with van der Waals surface area (Å²) in [6.07, 6.45) is 13.3. The molecule has 1 aromatic carbocycles. The number of anilines is 1. The molecular formula is C28H31FN2O. The van der Waals surface area contributed by atoms with Gasteiger partial charge in [-0.2, -0.15) is 0 Å². The second kappa shape index (κ2) is 9.56. The Morgan fingerprint density at radius 3 is 2.50 bits per heavy atom. The van der Waals surface area contributed by atoms with Crippen molar-refractivity contribution in [2.75, 3.05) is 5.32 Å². The van der Waals surface area contributed by atoms with E-state index >= 15 is 0 Å². The van der Waals surface area contributed by atoms with Gasteiger partial charge in [0.2, 0.25) is 0 Å². The molecular weight excluding hydrogens is 399 g/mol. The normalized spacial score (nSPS) is 18.0. The zero-order valence-corrected chi connectivity index (χ0v) is 19.1. The van der Waals surface area contributed by atoms with Crippen LogP contribution >= 0.6 is 0 Å². The zero-order valence-electron chi connectivity index (χ0n) is 19.1. The first-order valence-corrected chi connectivity index (χ1v) is 11.5. The highest BCUT2D eigenvalue weighted by Gasteiger charge is 2.31. The van der Waals surface area contributed by atoms with Crippen LogP contribution in [0.15, 0.2) is 66.8 Å². The van der Waals surface area contributed by atoms with E-state index in [1.54, 1.807) is 6.08 Å². The first-order valence-electron chi connectivity index (χ1n) is 11.5. The van der Waals surface area contributed by atoms with Crippen molar-refractivity contribution >= 4 is 22.7 Å². The predicted molar refractivity (Wildman–Crippen MR) is 132 cm³/mol. The summed E-state index contributed by atoms with van der Waals surface area (Å²) in [6.45, 7) is 7.09. The molecule has 1 atom stereocenters. The summed E-state index contributed by atoms with van der Waals surface area (Å²) in [6, 6.07) is 9.57. The van der Waals surface area contributed by atoms with Gasteiger partial charge in [-0.25, -0.2) is 4.39 Å². The van der Waals surface area contributed by atoms with E-state index < -0.39 is 6.17 Å². The zero-order chi connectivity index (χ0) is 22.7. The Morgan fingerprint density at radius 2 is 1.91 bits per heavy atom. The van der Waals surface area contributed by atoms with Gasteiger partial charge in [0, 0.05) is 29.9 Å². The van der Waals surface area contributed by atoms with E-state index in [9.17, 15) is 9.18 Å². The van der Waals surface area contributed by atoms with E-state index in [0.29, 0.717) is 6.42 Å². The maximum absolute atomic E-state index is 13.9. The molecule has 1 amide bonds. The monoisotopic (exact) mass is 430 g/mol. The van der Waals surface area contributed by atoms with Gasteiger partial charge in [0.05, 0.1) is 11.3 Å². The van der Waals surface area contributed by atoms with E-state index in [-0.39, 0.29) is 11.8 Å². The number of amides is 1. The lowest BCUT2D eigenvalue weighted by Gasteiger charge is -2.18. The van der Waals surface area contributed by atoms with Gasteiger partial charge in [-0.1, -0.05) is 62.4 Å². The minimum atomic E-state index is -0.952. The molecule has 2 aliphatic carbocycles. The molecule has 2 aromatic rings. The van der Waals surface area contributed by atoms with Crippen molar-refractivity contribution in [3.8, 4) is 0 Å². The summed E-state index contributed by atoms with van der Waals surface area (Å²) in [5.74, 6) is 0.0428. The largest absolute Gasteiger partial charge is 0.343 e. The third kappa shape index (κ3) is 4.27. The number of halogens is 1. The van der Waals surface area contributed by atoms with Crippen molar-refractivity contribution in [1.29, 1.82) is 0 Å². The molecule has 0 fully saturated rings. The lowest BCUT2D eigenvalue weighted by molar-refractivity contribution is 0.102. The number of hydrogen-bond acceptors (Lipinski definition) is 1. The minimum Gasteiger partial charge on any atom is -0.343 e. The Kier molecular flexibility index (Phi) is 6.59. The van der Waals surface area contributed by atoms with E-state index in [2.05, 4.69) is 48.9 Å². The number of carbonyl (C=O) groups is 1. The molecule has 32 heavy (non-hydrogen) atoms. The number of alkyl halides is 1. The van der Waals surface area contributed by atoms with Crippen LogP contribution in [0.2, 0.25) is 0 Å². The van der Waals surface area contributed by atoms with Crippen LogP contribution in [0.1, 0.15) is 73.3 Å². The van der Waals surface area contributed by atoms with E-state index in [4.69, 9.17) is 0 Å². The molecule has 3 nitrogen and oxygen atoms in total. The lowest BCUT2D eigenvalue weighted by atomic mass is 9.90. The van der Waals surface area contributed by atoms with Crippen LogP contribution in [0.5, 0.6) is 0 Å². The molecule has 2 aliphatic rings. The van der Waals surface area contributed by atoms with E-state index in [0.717, 1.165) is 58.7 Å². The van der Waals surface area contributed by atoms with Gasteiger partial charge in [-0.3, -0.25) is 4.79 Å². The number of para-hydroxylation sites is 1. The Bertz CT molecular complexity index is 1120. The topological polar surface area (TPSA) is 34.0 Å². The maximum Gasteiger partial charge on any atom is 0.258 e. The number of allylic oxidation sites excluding steroid dienone is 8. The van der Waals surface area contributed by atoms with Crippen LogP contribution < -0.4 is 5.32 Å². The van der Waals surface area contributed by atoms with Crippen LogP contribution in [0.3, 0.4) is 0 Å². The fraction of sp³-hybridized carbons (Fsp3) is 0.321. The molecule has 0 aliphatic heterocycles. The van der Waals surface area contributed by atoms with Gasteiger partial charge in [0.15, 0.2) is 0 Å². The molecule has 1 N–H and O–H groups in total. The highest BCUT2D eigenvalue weighted by molar-refractivity contribution is 6.11. The highest BCUT2D eigenvalue weighted by Crippen LogP contribution is 2.40. The molecule has 1 heterocycles. The number of hydrogen-bond donors (Lipinski definition) is 1. The van der Waals surface area contributed by atoms with Gasteiger partial charge in [0.1, 0.15) is 6.17 Å². The van der Waals surface area contributed by atoms with Crippen molar-refractivity contribution in [1.82, 2.24) is 4.57 Å². The summed E-state index contributed by atoms with van der Waals surface area (Å²) in [4.78, 5) is 13.7. The van der Waals surface area contributed by atoms with Crippen LogP contribution in [-0.4, -0.2) is 16.6 Å². The molecule has 0 spiro atoms. The van der Waals surface area contributed by atoms with Gasteiger partial charge in [0.25, 0.3) is 5.91 Å². The summed E-state index contributed by atoms with van der Waals surface area (Å²) in [5, 5.41) is 3.11. The Morgan fingerprint density at radius 1 is 1.12 bits per heavy atom. The SMILES string of the molecule is CCn1c(C2=CCC(F)C=C2)c(C2=CCCC=C2)c(C(=O)Nc2ccccc2)c1C(C)C. The molecule has 0 saturated heterocycles.